The normalized spacial score (nSPS) is 15.3. The summed E-state index contributed by atoms with van der Waals surface area (Å²) < 4.78 is 7.57. The standard InChI is InChI=1S/C24H25N3O3S/c1-4-30-19-8-6-5-7-17(19)18-13-20(28)25-22-21(18)23(29)26-24(27(22)3)31-14-16-11-9-15(2)10-12-16/h5-12,18H,4,13-14H2,1-3H3,(H,25,28). The maximum Gasteiger partial charge on any atom is 0.279 e. The Morgan fingerprint density at radius 1 is 1.16 bits per heavy atom. The third kappa shape index (κ3) is 4.37. The lowest BCUT2D eigenvalue weighted by atomic mass is 9.86. The van der Waals surface area contributed by atoms with Crippen LogP contribution < -0.4 is 15.6 Å². The van der Waals surface area contributed by atoms with E-state index in [0.29, 0.717) is 34.6 Å². The fourth-order valence-corrected chi connectivity index (χ4v) is 4.74. The van der Waals surface area contributed by atoms with Crippen molar-refractivity contribution in [3.05, 3.63) is 81.1 Å². The molecule has 0 fully saturated rings. The second-order valence-electron chi connectivity index (χ2n) is 7.57. The first-order valence-corrected chi connectivity index (χ1v) is 11.3. The molecule has 2 aromatic carbocycles. The molecule has 1 aromatic heterocycles. The van der Waals surface area contributed by atoms with E-state index in [1.54, 1.807) is 0 Å². The van der Waals surface area contributed by atoms with Crippen LogP contribution in [0.15, 0.2) is 58.5 Å². The number of ether oxygens (including phenoxy) is 1. The van der Waals surface area contributed by atoms with Crippen LogP contribution in [-0.4, -0.2) is 22.1 Å². The summed E-state index contributed by atoms with van der Waals surface area (Å²) in [6, 6.07) is 15.8. The molecule has 0 spiro atoms. The number of nitrogens with zero attached hydrogens (tertiary/aromatic N) is 2. The molecule has 0 saturated carbocycles. The zero-order valence-electron chi connectivity index (χ0n) is 17.8. The minimum Gasteiger partial charge on any atom is -0.494 e. The van der Waals surface area contributed by atoms with Gasteiger partial charge in [-0.2, -0.15) is 4.98 Å². The number of fused-ring (bicyclic) bond motifs is 1. The topological polar surface area (TPSA) is 73.2 Å². The first-order chi connectivity index (χ1) is 15.0. The van der Waals surface area contributed by atoms with Crippen molar-refractivity contribution >= 4 is 23.5 Å². The van der Waals surface area contributed by atoms with Crippen molar-refractivity contribution in [1.29, 1.82) is 0 Å². The first-order valence-electron chi connectivity index (χ1n) is 10.3. The molecular weight excluding hydrogens is 410 g/mol. The van der Waals surface area contributed by atoms with Gasteiger partial charge in [-0.15, -0.1) is 0 Å². The predicted octanol–water partition coefficient (Wildman–Crippen LogP) is 4.25. The number of nitrogens with one attached hydrogen (secondary N) is 1. The lowest BCUT2D eigenvalue weighted by Gasteiger charge is -2.28. The highest BCUT2D eigenvalue weighted by Crippen LogP contribution is 2.39. The van der Waals surface area contributed by atoms with Gasteiger partial charge < -0.3 is 14.6 Å². The molecule has 1 aliphatic rings. The molecule has 1 atom stereocenters. The van der Waals surface area contributed by atoms with Crippen molar-refractivity contribution in [3.63, 3.8) is 0 Å². The van der Waals surface area contributed by atoms with Gasteiger partial charge in [-0.25, -0.2) is 0 Å². The van der Waals surface area contributed by atoms with Crippen LogP contribution in [0.2, 0.25) is 0 Å². The van der Waals surface area contributed by atoms with Gasteiger partial charge in [0.25, 0.3) is 5.56 Å². The van der Waals surface area contributed by atoms with E-state index in [4.69, 9.17) is 4.74 Å². The molecule has 4 rings (SSSR count). The molecule has 1 amide bonds. The zero-order valence-corrected chi connectivity index (χ0v) is 18.7. The van der Waals surface area contributed by atoms with Crippen molar-refractivity contribution in [2.75, 3.05) is 11.9 Å². The van der Waals surface area contributed by atoms with Gasteiger partial charge in [0.15, 0.2) is 5.16 Å². The Bertz CT molecular complexity index is 1170. The molecule has 7 heteroatoms. The summed E-state index contributed by atoms with van der Waals surface area (Å²) in [4.78, 5) is 30.1. The van der Waals surface area contributed by atoms with Crippen LogP contribution >= 0.6 is 11.8 Å². The van der Waals surface area contributed by atoms with Crippen LogP contribution in [0, 0.1) is 6.92 Å². The lowest BCUT2D eigenvalue weighted by molar-refractivity contribution is -0.116. The number of anilines is 1. The third-order valence-electron chi connectivity index (χ3n) is 5.38. The van der Waals surface area contributed by atoms with Crippen LogP contribution in [0.25, 0.3) is 0 Å². The number of amides is 1. The molecule has 1 unspecified atom stereocenters. The number of thioether (sulfide) groups is 1. The highest BCUT2D eigenvalue weighted by molar-refractivity contribution is 7.98. The first kappa shape index (κ1) is 21.2. The van der Waals surface area contributed by atoms with Gasteiger partial charge in [0, 0.05) is 30.7 Å². The van der Waals surface area contributed by atoms with Gasteiger partial charge in [0.1, 0.15) is 11.6 Å². The van der Waals surface area contributed by atoms with E-state index in [1.165, 1.54) is 17.3 Å². The molecule has 0 radical (unpaired) electrons. The second kappa shape index (κ2) is 8.98. The highest BCUT2D eigenvalue weighted by Gasteiger charge is 2.33. The molecule has 1 N–H and O–H groups in total. The van der Waals surface area contributed by atoms with E-state index >= 15 is 0 Å². The number of carbonyl (C=O) groups is 1. The number of hydrogen-bond donors (Lipinski definition) is 1. The quantitative estimate of drug-likeness (QED) is 0.463. The minimum absolute atomic E-state index is 0.125. The number of carbonyl (C=O) groups excluding carboxylic acids is 1. The molecule has 0 aliphatic carbocycles. The van der Waals surface area contributed by atoms with Gasteiger partial charge in [-0.05, 0) is 25.5 Å². The molecule has 6 nitrogen and oxygen atoms in total. The number of aryl methyl sites for hydroxylation is 1. The summed E-state index contributed by atoms with van der Waals surface area (Å²) >= 11 is 1.48. The Morgan fingerprint density at radius 3 is 2.65 bits per heavy atom. The maximum atomic E-state index is 13.1. The largest absolute Gasteiger partial charge is 0.494 e. The van der Waals surface area contributed by atoms with E-state index in [0.717, 1.165) is 11.1 Å². The van der Waals surface area contributed by atoms with Crippen LogP contribution in [0.1, 0.15) is 41.5 Å². The summed E-state index contributed by atoms with van der Waals surface area (Å²) in [6.45, 7) is 4.47. The number of benzene rings is 2. The molecule has 0 bridgehead atoms. The van der Waals surface area contributed by atoms with E-state index in [9.17, 15) is 9.59 Å². The maximum absolute atomic E-state index is 13.1. The Kier molecular flexibility index (Phi) is 6.13. The SMILES string of the molecule is CCOc1ccccc1C1CC(=O)Nc2c1c(=O)nc(SCc1ccc(C)cc1)n2C. The summed E-state index contributed by atoms with van der Waals surface area (Å²) in [7, 11) is 1.83. The van der Waals surface area contributed by atoms with Crippen molar-refractivity contribution < 1.29 is 9.53 Å². The van der Waals surface area contributed by atoms with E-state index < -0.39 is 5.92 Å². The highest BCUT2D eigenvalue weighted by atomic mass is 32.2. The fraction of sp³-hybridized carbons (Fsp3) is 0.292. The average Bonchev–Trinajstić information content (AvgIpc) is 2.76. The van der Waals surface area contributed by atoms with Crippen LogP contribution in [0.3, 0.4) is 0 Å². The average molecular weight is 436 g/mol. The smallest absolute Gasteiger partial charge is 0.279 e. The molecule has 31 heavy (non-hydrogen) atoms. The van der Waals surface area contributed by atoms with Crippen molar-refractivity contribution in [1.82, 2.24) is 9.55 Å². The predicted molar refractivity (Wildman–Crippen MR) is 123 cm³/mol. The van der Waals surface area contributed by atoms with E-state index in [-0.39, 0.29) is 17.9 Å². The summed E-state index contributed by atoms with van der Waals surface area (Å²) in [5.41, 5.74) is 3.38. The molecule has 1 aliphatic heterocycles. The summed E-state index contributed by atoms with van der Waals surface area (Å²) in [5, 5.41) is 3.47. The monoisotopic (exact) mass is 435 g/mol. The fourth-order valence-electron chi connectivity index (χ4n) is 3.82. The van der Waals surface area contributed by atoms with Gasteiger partial charge in [0.2, 0.25) is 5.91 Å². The van der Waals surface area contributed by atoms with Crippen molar-refractivity contribution in [3.8, 4) is 5.75 Å². The third-order valence-corrected chi connectivity index (χ3v) is 6.48. The van der Waals surface area contributed by atoms with Crippen LogP contribution in [-0.2, 0) is 17.6 Å². The van der Waals surface area contributed by atoms with Crippen molar-refractivity contribution in [2.24, 2.45) is 7.05 Å². The molecule has 160 valence electrons. The second-order valence-corrected chi connectivity index (χ2v) is 8.51. The van der Waals surface area contributed by atoms with Gasteiger partial charge in [0.05, 0.1) is 12.2 Å². The number of rotatable bonds is 6. The van der Waals surface area contributed by atoms with E-state index in [2.05, 4.69) is 41.5 Å². The number of hydrogen-bond acceptors (Lipinski definition) is 5. The Hall–Kier alpha value is -3.06. The Morgan fingerprint density at radius 2 is 1.90 bits per heavy atom. The molecular formula is C24H25N3O3S. The summed E-state index contributed by atoms with van der Waals surface area (Å²) in [5.74, 6) is 1.37. The molecule has 0 saturated heterocycles. The minimum atomic E-state index is -0.395. The number of para-hydroxylation sites is 1. The van der Waals surface area contributed by atoms with Crippen LogP contribution in [0.5, 0.6) is 5.75 Å². The Balaban J connectivity index is 1.72. The van der Waals surface area contributed by atoms with Crippen LogP contribution in [0.4, 0.5) is 5.82 Å². The molecule has 3 aromatic rings. The van der Waals surface area contributed by atoms with Gasteiger partial charge in [-0.1, -0.05) is 59.8 Å². The number of aromatic nitrogens is 2. The Labute approximate surface area is 185 Å². The van der Waals surface area contributed by atoms with Gasteiger partial charge >= 0.3 is 0 Å². The summed E-state index contributed by atoms with van der Waals surface area (Å²) in [6.07, 6.45) is 0.184. The lowest BCUT2D eigenvalue weighted by Crippen LogP contribution is -2.33. The van der Waals surface area contributed by atoms with Crippen molar-refractivity contribution in [2.45, 2.75) is 37.1 Å². The zero-order chi connectivity index (χ0) is 22.0. The van der Waals surface area contributed by atoms with E-state index in [1.807, 2.05) is 42.8 Å². The van der Waals surface area contributed by atoms with Gasteiger partial charge in [-0.3, -0.25) is 9.59 Å². The molecule has 2 heterocycles.